The van der Waals surface area contributed by atoms with E-state index in [0.717, 1.165) is 0 Å². The first-order chi connectivity index (χ1) is 8.70. The molecule has 0 bridgehead atoms. The van der Waals surface area contributed by atoms with Gasteiger partial charge in [0.25, 0.3) is 5.91 Å². The lowest BCUT2D eigenvalue weighted by atomic mass is 9.84. The molecule has 6 heteroatoms. The van der Waals surface area contributed by atoms with Crippen LogP contribution in [0.2, 0.25) is 0 Å². The van der Waals surface area contributed by atoms with Crippen molar-refractivity contribution in [2.24, 2.45) is 11.1 Å². The van der Waals surface area contributed by atoms with Gasteiger partial charge in [-0.2, -0.15) is 0 Å². The Hall–Kier alpha value is -2.11. The average Bonchev–Trinajstić information content (AvgIpc) is 2.26. The van der Waals surface area contributed by atoms with Gasteiger partial charge in [0.2, 0.25) is 0 Å². The van der Waals surface area contributed by atoms with Crippen LogP contribution in [0.5, 0.6) is 0 Å². The molecular weight excluding hydrogens is 246 g/mol. The number of carboxylic acids is 1. The van der Waals surface area contributed by atoms with Gasteiger partial charge in [0.15, 0.2) is 0 Å². The highest BCUT2D eigenvalue weighted by atomic mass is 16.4. The van der Waals surface area contributed by atoms with Crippen molar-refractivity contribution in [2.75, 3.05) is 5.32 Å². The molecule has 1 aromatic rings. The smallest absolute Gasteiger partial charge is 0.305 e. The zero-order valence-electron chi connectivity index (χ0n) is 11.3. The normalized spacial score (nSPS) is 12.8. The summed E-state index contributed by atoms with van der Waals surface area (Å²) >= 11 is 0. The van der Waals surface area contributed by atoms with Gasteiger partial charge in [0, 0.05) is 17.9 Å². The molecule has 0 aromatic carbocycles. The molecule has 4 N–H and O–H groups in total. The van der Waals surface area contributed by atoms with Crippen LogP contribution in [0.3, 0.4) is 0 Å². The van der Waals surface area contributed by atoms with Crippen molar-refractivity contribution in [1.29, 1.82) is 0 Å². The second-order valence-electron chi connectivity index (χ2n) is 5.45. The monoisotopic (exact) mass is 265 g/mol. The Labute approximate surface area is 112 Å². The van der Waals surface area contributed by atoms with Crippen LogP contribution in [-0.4, -0.2) is 28.0 Å². The number of carbonyl (C=O) groups excluding carboxylic acids is 1. The first-order valence-electron chi connectivity index (χ1n) is 5.94. The summed E-state index contributed by atoms with van der Waals surface area (Å²) < 4.78 is 0. The molecule has 1 rings (SSSR count). The average molecular weight is 265 g/mol. The second-order valence-corrected chi connectivity index (χ2v) is 5.45. The predicted molar refractivity (Wildman–Crippen MR) is 71.9 cm³/mol. The lowest BCUT2D eigenvalue weighted by molar-refractivity contribution is -0.137. The number of hydrogen-bond acceptors (Lipinski definition) is 4. The van der Waals surface area contributed by atoms with Crippen molar-refractivity contribution in [3.63, 3.8) is 0 Å². The number of aromatic nitrogens is 1. The molecule has 0 aliphatic carbocycles. The van der Waals surface area contributed by atoms with E-state index in [0.29, 0.717) is 5.69 Å². The molecule has 19 heavy (non-hydrogen) atoms. The molecule has 0 saturated carbocycles. The number of rotatable bonds is 5. The van der Waals surface area contributed by atoms with Crippen molar-refractivity contribution in [2.45, 2.75) is 33.2 Å². The van der Waals surface area contributed by atoms with Crippen LogP contribution in [0.25, 0.3) is 0 Å². The Kier molecular flexibility index (Phi) is 4.47. The molecule has 6 nitrogen and oxygen atoms in total. The number of pyridine rings is 1. The molecule has 1 amide bonds. The molecule has 1 atom stereocenters. The summed E-state index contributed by atoms with van der Waals surface area (Å²) in [7, 11) is 0. The summed E-state index contributed by atoms with van der Waals surface area (Å²) in [5, 5.41) is 12.1. The topological polar surface area (TPSA) is 105 Å². The van der Waals surface area contributed by atoms with Gasteiger partial charge in [-0.05, 0) is 17.5 Å². The third kappa shape index (κ3) is 4.57. The van der Waals surface area contributed by atoms with Gasteiger partial charge < -0.3 is 16.2 Å². The highest BCUT2D eigenvalue weighted by Gasteiger charge is 2.27. The number of carbonyl (C=O) groups is 2. The number of aliphatic carboxylic acids is 1. The number of carboxylic acid groups (broad SMARTS) is 1. The van der Waals surface area contributed by atoms with Crippen LogP contribution in [0, 0.1) is 5.41 Å². The van der Waals surface area contributed by atoms with E-state index in [-0.39, 0.29) is 23.6 Å². The molecule has 0 aliphatic heterocycles. The first kappa shape index (κ1) is 14.9. The number of nitrogens with zero attached hydrogens (tertiary/aromatic N) is 1. The minimum atomic E-state index is -0.878. The van der Waals surface area contributed by atoms with E-state index in [1.165, 1.54) is 12.3 Å². The molecule has 0 spiro atoms. The van der Waals surface area contributed by atoms with Crippen molar-refractivity contribution in [3.05, 3.63) is 24.0 Å². The maximum Gasteiger partial charge on any atom is 0.305 e. The van der Waals surface area contributed by atoms with Gasteiger partial charge in [-0.15, -0.1) is 0 Å². The standard InChI is InChI=1S/C13H19N3O3/c1-13(2,3)10(7-11(17)18)16-8-4-5-15-9(6-8)12(14)19/h4-6,10H,7H2,1-3H3,(H2,14,19)(H,15,16)(H,17,18). The van der Waals surface area contributed by atoms with Gasteiger partial charge in [-0.25, -0.2) is 0 Å². The maximum atomic E-state index is 11.1. The Morgan fingerprint density at radius 2 is 2.11 bits per heavy atom. The lowest BCUT2D eigenvalue weighted by Crippen LogP contribution is -2.36. The summed E-state index contributed by atoms with van der Waals surface area (Å²) in [5.74, 6) is -1.49. The van der Waals surface area contributed by atoms with Crippen LogP contribution >= 0.6 is 0 Å². The maximum absolute atomic E-state index is 11.1. The largest absolute Gasteiger partial charge is 0.481 e. The molecule has 0 aliphatic rings. The number of hydrogen-bond donors (Lipinski definition) is 3. The van der Waals surface area contributed by atoms with E-state index in [1.807, 2.05) is 20.8 Å². The van der Waals surface area contributed by atoms with Crippen molar-refractivity contribution >= 4 is 17.6 Å². The Balaban J connectivity index is 2.93. The van der Waals surface area contributed by atoms with Crippen LogP contribution in [0.15, 0.2) is 18.3 Å². The molecule has 0 fully saturated rings. The van der Waals surface area contributed by atoms with E-state index >= 15 is 0 Å². The van der Waals surface area contributed by atoms with Gasteiger partial charge in [0.05, 0.1) is 6.42 Å². The van der Waals surface area contributed by atoms with Crippen LogP contribution in [0.1, 0.15) is 37.7 Å². The zero-order valence-corrected chi connectivity index (χ0v) is 11.3. The Morgan fingerprint density at radius 1 is 1.47 bits per heavy atom. The van der Waals surface area contributed by atoms with Gasteiger partial charge in [-0.1, -0.05) is 20.8 Å². The molecular formula is C13H19N3O3. The van der Waals surface area contributed by atoms with Crippen LogP contribution < -0.4 is 11.1 Å². The number of anilines is 1. The van der Waals surface area contributed by atoms with Gasteiger partial charge in [0.1, 0.15) is 5.69 Å². The van der Waals surface area contributed by atoms with Gasteiger partial charge >= 0.3 is 5.97 Å². The predicted octanol–water partition coefficient (Wildman–Crippen LogP) is 1.48. The fourth-order valence-electron chi connectivity index (χ4n) is 1.60. The van der Waals surface area contributed by atoms with E-state index in [9.17, 15) is 9.59 Å². The molecule has 0 radical (unpaired) electrons. The summed E-state index contributed by atoms with van der Waals surface area (Å²) in [6.45, 7) is 5.84. The third-order valence-corrected chi connectivity index (χ3v) is 2.78. The molecule has 1 aromatic heterocycles. The fourth-order valence-corrected chi connectivity index (χ4v) is 1.60. The number of amides is 1. The lowest BCUT2D eigenvalue weighted by Gasteiger charge is -2.31. The van der Waals surface area contributed by atoms with Crippen molar-refractivity contribution < 1.29 is 14.7 Å². The second kappa shape index (κ2) is 5.69. The minimum absolute atomic E-state index is 0.0161. The molecule has 1 unspecified atom stereocenters. The summed E-state index contributed by atoms with van der Waals surface area (Å²) in [6, 6.07) is 2.92. The summed E-state index contributed by atoms with van der Waals surface area (Å²) in [6.07, 6.45) is 1.45. The van der Waals surface area contributed by atoms with Crippen molar-refractivity contribution in [1.82, 2.24) is 4.98 Å². The summed E-state index contributed by atoms with van der Waals surface area (Å²) in [4.78, 5) is 25.8. The molecule has 1 heterocycles. The van der Waals surface area contributed by atoms with E-state index < -0.39 is 11.9 Å². The summed E-state index contributed by atoms with van der Waals surface area (Å²) in [5.41, 5.74) is 5.69. The van der Waals surface area contributed by atoms with Crippen LogP contribution in [0.4, 0.5) is 5.69 Å². The van der Waals surface area contributed by atoms with Crippen LogP contribution in [-0.2, 0) is 4.79 Å². The van der Waals surface area contributed by atoms with E-state index in [4.69, 9.17) is 10.8 Å². The minimum Gasteiger partial charge on any atom is -0.481 e. The molecule has 104 valence electrons. The number of nitrogens with two attached hydrogens (primary N) is 1. The Morgan fingerprint density at radius 3 is 2.58 bits per heavy atom. The van der Waals surface area contributed by atoms with E-state index in [2.05, 4.69) is 10.3 Å². The van der Waals surface area contributed by atoms with Gasteiger partial charge in [-0.3, -0.25) is 14.6 Å². The Bertz CT molecular complexity index is 480. The number of primary amides is 1. The highest BCUT2D eigenvalue weighted by molar-refractivity contribution is 5.91. The third-order valence-electron chi connectivity index (χ3n) is 2.78. The SMILES string of the molecule is CC(C)(C)C(CC(=O)O)Nc1ccnc(C(N)=O)c1. The highest BCUT2D eigenvalue weighted by Crippen LogP contribution is 2.25. The first-order valence-corrected chi connectivity index (χ1v) is 5.94. The number of nitrogens with one attached hydrogen (secondary N) is 1. The van der Waals surface area contributed by atoms with E-state index in [1.54, 1.807) is 6.07 Å². The molecule has 0 saturated heterocycles. The zero-order chi connectivity index (χ0) is 14.6. The fraction of sp³-hybridized carbons (Fsp3) is 0.462. The van der Waals surface area contributed by atoms with Crippen molar-refractivity contribution in [3.8, 4) is 0 Å². The quantitative estimate of drug-likeness (QED) is 0.747.